The monoisotopic (exact) mass is 291 g/mol. The van der Waals surface area contributed by atoms with Crippen molar-refractivity contribution in [1.29, 1.82) is 0 Å². The van der Waals surface area contributed by atoms with Gasteiger partial charge >= 0.3 is 0 Å². The zero-order chi connectivity index (χ0) is 15.7. The van der Waals surface area contributed by atoms with Crippen LogP contribution in [0.2, 0.25) is 0 Å². The van der Waals surface area contributed by atoms with Crippen LogP contribution >= 0.6 is 0 Å². The van der Waals surface area contributed by atoms with Crippen molar-refractivity contribution in [1.82, 2.24) is 10.2 Å². The summed E-state index contributed by atoms with van der Waals surface area (Å²) in [6, 6.07) is 8.44. The average molecular weight is 291 g/mol. The Labute approximate surface area is 128 Å². The van der Waals surface area contributed by atoms with E-state index in [0.29, 0.717) is 13.1 Å². The second-order valence-electron chi connectivity index (χ2n) is 5.36. The van der Waals surface area contributed by atoms with E-state index in [-0.39, 0.29) is 11.9 Å². The zero-order valence-corrected chi connectivity index (χ0v) is 13.6. The average Bonchev–Trinajstić information content (AvgIpc) is 2.52. The Kier molecular flexibility index (Phi) is 8.01. The molecule has 1 aromatic carbocycles. The first-order chi connectivity index (χ1) is 10.1. The molecule has 0 radical (unpaired) electrons. The van der Waals surface area contributed by atoms with Crippen LogP contribution in [0.25, 0.3) is 0 Å². The van der Waals surface area contributed by atoms with Crippen molar-refractivity contribution in [2.45, 2.75) is 52.7 Å². The van der Waals surface area contributed by atoms with Gasteiger partial charge in [-0.05, 0) is 30.5 Å². The fourth-order valence-electron chi connectivity index (χ4n) is 2.40. The smallest absolute Gasteiger partial charge is 0.234 e. The van der Waals surface area contributed by atoms with Crippen LogP contribution in [0.15, 0.2) is 24.3 Å². The Morgan fingerprint density at radius 3 is 2.33 bits per heavy atom. The summed E-state index contributed by atoms with van der Waals surface area (Å²) in [5.41, 5.74) is 8.13. The maximum Gasteiger partial charge on any atom is 0.234 e. The number of benzene rings is 1. The molecule has 3 N–H and O–H groups in total. The van der Waals surface area contributed by atoms with Crippen LogP contribution in [-0.4, -0.2) is 29.9 Å². The molecule has 4 nitrogen and oxygen atoms in total. The number of hydrogen-bond donors (Lipinski definition) is 2. The molecule has 0 saturated carbocycles. The quantitative estimate of drug-likeness (QED) is 0.734. The number of carbonyl (C=O) groups excluding carboxylic acids is 1. The van der Waals surface area contributed by atoms with E-state index in [0.717, 1.165) is 31.5 Å². The first kappa shape index (κ1) is 17.7. The van der Waals surface area contributed by atoms with Crippen LogP contribution < -0.4 is 11.1 Å². The Bertz CT molecular complexity index is 430. The molecule has 1 amide bonds. The lowest BCUT2D eigenvalue weighted by atomic mass is 10.1. The lowest BCUT2D eigenvalue weighted by Gasteiger charge is -2.23. The molecule has 21 heavy (non-hydrogen) atoms. The minimum atomic E-state index is 0.107. The van der Waals surface area contributed by atoms with Crippen molar-refractivity contribution in [2.75, 3.05) is 13.1 Å². The number of nitrogens with two attached hydrogens (primary N) is 1. The van der Waals surface area contributed by atoms with Crippen LogP contribution in [0.1, 0.15) is 44.7 Å². The molecule has 0 aliphatic rings. The van der Waals surface area contributed by atoms with Gasteiger partial charge in [0.15, 0.2) is 0 Å². The van der Waals surface area contributed by atoms with E-state index in [4.69, 9.17) is 5.73 Å². The van der Waals surface area contributed by atoms with E-state index >= 15 is 0 Å². The van der Waals surface area contributed by atoms with Crippen LogP contribution in [0.3, 0.4) is 0 Å². The largest absolute Gasteiger partial charge is 0.352 e. The maximum absolute atomic E-state index is 12.1. The van der Waals surface area contributed by atoms with Crippen molar-refractivity contribution in [2.24, 2.45) is 5.73 Å². The summed E-state index contributed by atoms with van der Waals surface area (Å²) >= 11 is 0. The van der Waals surface area contributed by atoms with E-state index in [1.807, 2.05) is 18.2 Å². The number of rotatable bonds is 9. The molecule has 0 spiro atoms. The number of nitrogens with one attached hydrogen (secondary N) is 1. The van der Waals surface area contributed by atoms with Gasteiger partial charge in [0, 0.05) is 19.1 Å². The predicted molar refractivity (Wildman–Crippen MR) is 87.8 cm³/mol. The first-order valence-electron chi connectivity index (χ1n) is 7.93. The number of amides is 1. The Morgan fingerprint density at radius 1 is 1.19 bits per heavy atom. The summed E-state index contributed by atoms with van der Waals surface area (Å²) in [6.07, 6.45) is 1.95. The van der Waals surface area contributed by atoms with Gasteiger partial charge < -0.3 is 11.1 Å². The van der Waals surface area contributed by atoms with Gasteiger partial charge in [0.25, 0.3) is 0 Å². The molecule has 0 heterocycles. The van der Waals surface area contributed by atoms with Gasteiger partial charge in [-0.3, -0.25) is 9.69 Å². The standard InChI is InChI=1S/C17H29N3O/c1-4-16(5-2)19-17(21)13-20(6-3)12-15-10-8-7-9-14(15)11-18/h7-10,16H,4-6,11-13,18H2,1-3H3,(H,19,21). The summed E-state index contributed by atoms with van der Waals surface area (Å²) in [5.74, 6) is 0.107. The normalized spacial score (nSPS) is 11.1. The van der Waals surface area contributed by atoms with Crippen molar-refractivity contribution in [3.05, 3.63) is 35.4 Å². The van der Waals surface area contributed by atoms with Crippen LogP contribution in [0, 0.1) is 0 Å². The summed E-state index contributed by atoms with van der Waals surface area (Å²) in [4.78, 5) is 14.3. The summed E-state index contributed by atoms with van der Waals surface area (Å²) < 4.78 is 0. The third-order valence-corrected chi connectivity index (χ3v) is 3.90. The zero-order valence-electron chi connectivity index (χ0n) is 13.6. The van der Waals surface area contributed by atoms with Crippen LogP contribution in [0.5, 0.6) is 0 Å². The number of hydrogen-bond acceptors (Lipinski definition) is 3. The molecule has 0 bridgehead atoms. The molecular formula is C17H29N3O. The second kappa shape index (κ2) is 9.53. The van der Waals surface area contributed by atoms with E-state index in [9.17, 15) is 4.79 Å². The number of nitrogens with zero attached hydrogens (tertiary/aromatic N) is 1. The molecule has 1 rings (SSSR count). The lowest BCUT2D eigenvalue weighted by molar-refractivity contribution is -0.123. The lowest BCUT2D eigenvalue weighted by Crippen LogP contribution is -2.41. The van der Waals surface area contributed by atoms with Crippen molar-refractivity contribution >= 4 is 5.91 Å². The molecule has 0 aliphatic carbocycles. The molecule has 0 aromatic heterocycles. The maximum atomic E-state index is 12.1. The van der Waals surface area contributed by atoms with Gasteiger partial charge in [-0.2, -0.15) is 0 Å². The fraction of sp³-hybridized carbons (Fsp3) is 0.588. The topological polar surface area (TPSA) is 58.4 Å². The second-order valence-corrected chi connectivity index (χ2v) is 5.36. The highest BCUT2D eigenvalue weighted by molar-refractivity contribution is 5.78. The van der Waals surface area contributed by atoms with Crippen molar-refractivity contribution in [3.8, 4) is 0 Å². The van der Waals surface area contributed by atoms with Gasteiger partial charge in [-0.15, -0.1) is 0 Å². The number of carbonyl (C=O) groups is 1. The molecule has 4 heteroatoms. The van der Waals surface area contributed by atoms with Crippen LogP contribution in [0.4, 0.5) is 0 Å². The highest BCUT2D eigenvalue weighted by Gasteiger charge is 2.13. The highest BCUT2D eigenvalue weighted by atomic mass is 16.2. The summed E-state index contributed by atoms with van der Waals surface area (Å²) in [7, 11) is 0. The molecular weight excluding hydrogens is 262 g/mol. The van der Waals surface area contributed by atoms with E-state index < -0.39 is 0 Å². The summed E-state index contributed by atoms with van der Waals surface area (Å²) in [5, 5.41) is 3.09. The highest BCUT2D eigenvalue weighted by Crippen LogP contribution is 2.11. The molecule has 0 unspecified atom stereocenters. The number of likely N-dealkylation sites (N-methyl/N-ethyl adjacent to an activating group) is 1. The molecule has 0 aliphatic heterocycles. The van der Waals surface area contributed by atoms with Crippen LogP contribution in [-0.2, 0) is 17.9 Å². The SMILES string of the molecule is CCC(CC)NC(=O)CN(CC)Cc1ccccc1CN. The molecule has 0 atom stereocenters. The van der Waals surface area contributed by atoms with Gasteiger partial charge in [0.2, 0.25) is 5.91 Å². The van der Waals surface area contributed by atoms with Gasteiger partial charge in [-0.25, -0.2) is 0 Å². The minimum Gasteiger partial charge on any atom is -0.352 e. The molecule has 0 fully saturated rings. The van der Waals surface area contributed by atoms with E-state index in [1.54, 1.807) is 0 Å². The van der Waals surface area contributed by atoms with Crippen molar-refractivity contribution < 1.29 is 4.79 Å². The molecule has 1 aromatic rings. The van der Waals surface area contributed by atoms with E-state index in [1.165, 1.54) is 5.56 Å². The Morgan fingerprint density at radius 2 is 1.81 bits per heavy atom. The Balaban J connectivity index is 2.60. The van der Waals surface area contributed by atoms with Crippen molar-refractivity contribution in [3.63, 3.8) is 0 Å². The summed E-state index contributed by atoms with van der Waals surface area (Å²) in [6.45, 7) is 8.86. The molecule has 118 valence electrons. The predicted octanol–water partition coefficient (Wildman–Crippen LogP) is 2.27. The van der Waals surface area contributed by atoms with Gasteiger partial charge in [-0.1, -0.05) is 45.0 Å². The van der Waals surface area contributed by atoms with Gasteiger partial charge in [0.05, 0.1) is 6.54 Å². The van der Waals surface area contributed by atoms with Gasteiger partial charge in [0.1, 0.15) is 0 Å². The fourth-order valence-corrected chi connectivity index (χ4v) is 2.40. The Hall–Kier alpha value is -1.39. The minimum absolute atomic E-state index is 0.107. The first-order valence-corrected chi connectivity index (χ1v) is 7.93. The third-order valence-electron chi connectivity index (χ3n) is 3.90. The third kappa shape index (κ3) is 5.86. The van der Waals surface area contributed by atoms with E-state index in [2.05, 4.69) is 37.1 Å². The molecule has 0 saturated heterocycles.